The van der Waals surface area contributed by atoms with E-state index in [1.807, 2.05) is 48.5 Å². The van der Waals surface area contributed by atoms with Crippen LogP contribution >= 0.6 is 0 Å². The van der Waals surface area contributed by atoms with Crippen LogP contribution in [0.4, 0.5) is 22.7 Å². The van der Waals surface area contributed by atoms with Gasteiger partial charge in [0.25, 0.3) is 0 Å². The first-order chi connectivity index (χ1) is 17.6. The van der Waals surface area contributed by atoms with Gasteiger partial charge in [0.2, 0.25) is 0 Å². The Morgan fingerprint density at radius 2 is 1.47 bits per heavy atom. The van der Waals surface area contributed by atoms with E-state index in [0.29, 0.717) is 35.5 Å². The molecule has 0 saturated heterocycles. The summed E-state index contributed by atoms with van der Waals surface area (Å²) in [7, 11) is 0. The SMILES string of the molecule is Nc1cc(N=Nc2c(O)ccc3cc(O)ccc23)ccc1N(Cc1ccccn1)Cc1ccccn1. The van der Waals surface area contributed by atoms with Crippen molar-refractivity contribution in [1.82, 2.24) is 9.97 Å². The zero-order valence-electron chi connectivity index (χ0n) is 19.4. The van der Waals surface area contributed by atoms with E-state index in [2.05, 4.69) is 25.1 Å². The van der Waals surface area contributed by atoms with Crippen molar-refractivity contribution in [2.24, 2.45) is 10.2 Å². The second-order valence-electron chi connectivity index (χ2n) is 8.28. The molecular formula is C28H24N6O2. The van der Waals surface area contributed by atoms with E-state index in [-0.39, 0.29) is 11.5 Å². The number of nitrogen functional groups attached to an aromatic ring is 1. The molecule has 178 valence electrons. The number of benzene rings is 3. The van der Waals surface area contributed by atoms with E-state index in [1.165, 1.54) is 6.07 Å². The normalized spacial score (nSPS) is 11.2. The van der Waals surface area contributed by atoms with Crippen LogP contribution in [0.1, 0.15) is 11.4 Å². The number of phenols is 2. The molecule has 0 aliphatic rings. The molecule has 8 nitrogen and oxygen atoms in total. The zero-order valence-corrected chi connectivity index (χ0v) is 19.4. The molecular weight excluding hydrogens is 452 g/mol. The highest BCUT2D eigenvalue weighted by Crippen LogP contribution is 2.38. The average Bonchev–Trinajstić information content (AvgIpc) is 2.89. The lowest BCUT2D eigenvalue weighted by Gasteiger charge is -2.25. The third kappa shape index (κ3) is 5.07. The van der Waals surface area contributed by atoms with E-state index in [0.717, 1.165) is 22.5 Å². The Morgan fingerprint density at radius 3 is 2.11 bits per heavy atom. The van der Waals surface area contributed by atoms with Gasteiger partial charge in [-0.1, -0.05) is 18.2 Å². The molecule has 2 heterocycles. The smallest absolute Gasteiger partial charge is 0.143 e. The summed E-state index contributed by atoms with van der Waals surface area (Å²) in [6, 6.07) is 25.2. The molecule has 5 aromatic rings. The predicted molar refractivity (Wildman–Crippen MR) is 141 cm³/mol. The van der Waals surface area contributed by atoms with Gasteiger partial charge in [-0.05, 0) is 72.1 Å². The van der Waals surface area contributed by atoms with Crippen molar-refractivity contribution in [2.45, 2.75) is 13.1 Å². The number of rotatable bonds is 7. The van der Waals surface area contributed by atoms with Gasteiger partial charge in [0.05, 0.1) is 41.5 Å². The molecule has 0 spiro atoms. The summed E-state index contributed by atoms with van der Waals surface area (Å²) in [6.07, 6.45) is 3.54. The van der Waals surface area contributed by atoms with Gasteiger partial charge in [-0.3, -0.25) is 9.97 Å². The largest absolute Gasteiger partial charge is 0.508 e. The van der Waals surface area contributed by atoms with Crippen LogP contribution < -0.4 is 10.6 Å². The molecule has 0 radical (unpaired) electrons. The van der Waals surface area contributed by atoms with Crippen molar-refractivity contribution in [3.05, 3.63) is 109 Å². The molecule has 0 unspecified atom stereocenters. The molecule has 0 aliphatic heterocycles. The number of pyridine rings is 2. The number of azo groups is 1. The monoisotopic (exact) mass is 476 g/mol. The first-order valence-corrected chi connectivity index (χ1v) is 11.4. The van der Waals surface area contributed by atoms with Crippen LogP contribution in [-0.4, -0.2) is 20.2 Å². The Balaban J connectivity index is 1.45. The molecule has 0 saturated carbocycles. The number of phenolic OH excluding ortho intramolecular Hbond substituents is 2. The Morgan fingerprint density at radius 1 is 0.750 bits per heavy atom. The maximum absolute atomic E-state index is 10.3. The minimum Gasteiger partial charge on any atom is -0.508 e. The number of hydrogen-bond acceptors (Lipinski definition) is 8. The summed E-state index contributed by atoms with van der Waals surface area (Å²) in [4.78, 5) is 11.0. The lowest BCUT2D eigenvalue weighted by atomic mass is 10.1. The van der Waals surface area contributed by atoms with Crippen LogP contribution in [0.2, 0.25) is 0 Å². The highest BCUT2D eigenvalue weighted by atomic mass is 16.3. The lowest BCUT2D eigenvalue weighted by Crippen LogP contribution is -2.24. The average molecular weight is 477 g/mol. The Labute approximate surface area is 208 Å². The van der Waals surface area contributed by atoms with E-state index in [1.54, 1.807) is 42.7 Å². The van der Waals surface area contributed by atoms with E-state index < -0.39 is 0 Å². The molecule has 5 rings (SSSR count). The Bertz CT molecular complexity index is 1480. The fraction of sp³-hybridized carbons (Fsp3) is 0.0714. The minimum atomic E-state index is -0.00145. The molecule has 8 heteroatoms. The van der Waals surface area contributed by atoms with Gasteiger partial charge in [-0.15, -0.1) is 5.11 Å². The van der Waals surface area contributed by atoms with Gasteiger partial charge in [-0.2, -0.15) is 5.11 Å². The van der Waals surface area contributed by atoms with Crippen LogP contribution in [0.15, 0.2) is 108 Å². The van der Waals surface area contributed by atoms with Crippen molar-refractivity contribution in [1.29, 1.82) is 0 Å². The minimum absolute atomic E-state index is 0.00145. The maximum Gasteiger partial charge on any atom is 0.143 e. The molecule has 0 amide bonds. The van der Waals surface area contributed by atoms with E-state index in [4.69, 9.17) is 5.73 Å². The van der Waals surface area contributed by atoms with Crippen molar-refractivity contribution in [2.75, 3.05) is 10.6 Å². The van der Waals surface area contributed by atoms with Gasteiger partial charge in [0.15, 0.2) is 0 Å². The molecule has 0 atom stereocenters. The molecule has 0 fully saturated rings. The summed E-state index contributed by atoms with van der Waals surface area (Å²) < 4.78 is 0. The molecule has 36 heavy (non-hydrogen) atoms. The number of aromatic hydroxyl groups is 2. The van der Waals surface area contributed by atoms with Gasteiger partial charge < -0.3 is 20.8 Å². The summed E-state index contributed by atoms with van der Waals surface area (Å²) in [5, 5.41) is 30.1. The summed E-state index contributed by atoms with van der Waals surface area (Å²) in [5.74, 6) is 0.138. The quantitative estimate of drug-likeness (QED) is 0.189. The zero-order chi connectivity index (χ0) is 24.9. The van der Waals surface area contributed by atoms with Gasteiger partial charge in [-0.25, -0.2) is 0 Å². The van der Waals surface area contributed by atoms with Gasteiger partial charge in [0.1, 0.15) is 17.2 Å². The van der Waals surface area contributed by atoms with Crippen LogP contribution in [0.5, 0.6) is 11.5 Å². The van der Waals surface area contributed by atoms with Crippen LogP contribution in [-0.2, 0) is 13.1 Å². The van der Waals surface area contributed by atoms with Crippen molar-refractivity contribution in [3.63, 3.8) is 0 Å². The van der Waals surface area contributed by atoms with Gasteiger partial charge in [0, 0.05) is 17.8 Å². The molecule has 4 N–H and O–H groups in total. The fourth-order valence-corrected chi connectivity index (χ4v) is 3.99. The fourth-order valence-electron chi connectivity index (χ4n) is 3.99. The third-order valence-corrected chi connectivity index (χ3v) is 5.73. The molecule has 0 bridgehead atoms. The Kier molecular flexibility index (Phi) is 6.40. The molecule has 2 aromatic heterocycles. The summed E-state index contributed by atoms with van der Waals surface area (Å²) >= 11 is 0. The maximum atomic E-state index is 10.3. The summed E-state index contributed by atoms with van der Waals surface area (Å²) in [6.45, 7) is 1.11. The van der Waals surface area contributed by atoms with E-state index >= 15 is 0 Å². The first kappa shape index (κ1) is 22.8. The predicted octanol–water partition coefficient (Wildman–Crippen LogP) is 6.25. The van der Waals surface area contributed by atoms with Crippen molar-refractivity contribution >= 4 is 33.5 Å². The highest BCUT2D eigenvalue weighted by Gasteiger charge is 2.14. The Hall–Kier alpha value is -4.98. The van der Waals surface area contributed by atoms with Crippen molar-refractivity contribution in [3.8, 4) is 11.5 Å². The third-order valence-electron chi connectivity index (χ3n) is 5.73. The topological polar surface area (TPSA) is 120 Å². The van der Waals surface area contributed by atoms with E-state index in [9.17, 15) is 10.2 Å². The second-order valence-corrected chi connectivity index (χ2v) is 8.28. The lowest BCUT2D eigenvalue weighted by molar-refractivity contribution is 0.474. The van der Waals surface area contributed by atoms with Crippen LogP contribution in [0.3, 0.4) is 0 Å². The number of anilines is 2. The standard InChI is InChI=1S/C28H24N6O2/c29-25-16-20(32-33-28-24-10-9-23(35)15-19(24)7-12-27(28)36)8-11-26(25)34(17-21-5-1-3-13-30-21)18-22-6-2-4-14-31-22/h1-16,35-36H,17-18,29H2. The molecule has 3 aromatic carbocycles. The van der Waals surface area contributed by atoms with Gasteiger partial charge >= 0.3 is 0 Å². The second kappa shape index (κ2) is 10.1. The number of nitrogens with zero attached hydrogens (tertiary/aromatic N) is 5. The highest BCUT2D eigenvalue weighted by molar-refractivity contribution is 5.96. The first-order valence-electron chi connectivity index (χ1n) is 11.4. The number of aromatic nitrogens is 2. The number of hydrogen-bond donors (Lipinski definition) is 3. The molecule has 0 aliphatic carbocycles. The number of nitrogens with two attached hydrogens (primary N) is 1. The number of fused-ring (bicyclic) bond motifs is 1. The van der Waals surface area contributed by atoms with Crippen LogP contribution in [0, 0.1) is 0 Å². The summed E-state index contributed by atoms with van der Waals surface area (Å²) in [5.41, 5.74) is 10.5. The van der Waals surface area contributed by atoms with Crippen molar-refractivity contribution < 1.29 is 10.2 Å². The van der Waals surface area contributed by atoms with Crippen LogP contribution in [0.25, 0.3) is 10.8 Å².